The highest BCUT2D eigenvalue weighted by Gasteiger charge is 2.30. The Morgan fingerprint density at radius 3 is 2.24 bits per heavy atom. The Morgan fingerprint density at radius 1 is 1.06 bits per heavy atom. The maximum absolute atomic E-state index is 11.4. The maximum atomic E-state index is 11.4. The summed E-state index contributed by atoms with van der Waals surface area (Å²) < 4.78 is 22.8. The Hall–Kier alpha value is -0.0900. The van der Waals surface area contributed by atoms with Crippen LogP contribution in [0.25, 0.3) is 0 Å². The standard InChI is InChI=1S/C13H25NO2S/c1-11(12-6-4-2-3-5-7-12)14-13-8-9-17(15,16)10-13/h11-14H,2-10H2,1H3/t11-,13?/m0/s1. The van der Waals surface area contributed by atoms with Crippen molar-refractivity contribution in [1.29, 1.82) is 0 Å². The van der Waals surface area contributed by atoms with Gasteiger partial charge >= 0.3 is 0 Å². The second-order valence-corrected chi connectivity index (χ2v) is 8.04. The van der Waals surface area contributed by atoms with Crippen LogP contribution in [0.3, 0.4) is 0 Å². The van der Waals surface area contributed by atoms with Gasteiger partial charge in [0.2, 0.25) is 0 Å². The third-order valence-electron chi connectivity index (χ3n) is 4.34. The van der Waals surface area contributed by atoms with Crippen LogP contribution in [-0.4, -0.2) is 32.0 Å². The smallest absolute Gasteiger partial charge is 0.151 e. The van der Waals surface area contributed by atoms with Crippen LogP contribution < -0.4 is 5.32 Å². The number of hydrogen-bond acceptors (Lipinski definition) is 3. The first kappa shape index (κ1) is 13.3. The minimum atomic E-state index is -2.74. The molecule has 1 aliphatic heterocycles. The average molecular weight is 259 g/mol. The first-order chi connectivity index (χ1) is 8.07. The van der Waals surface area contributed by atoms with Gasteiger partial charge in [-0.05, 0) is 32.1 Å². The molecule has 0 aromatic carbocycles. The van der Waals surface area contributed by atoms with Gasteiger partial charge in [0, 0.05) is 12.1 Å². The quantitative estimate of drug-likeness (QED) is 0.790. The van der Waals surface area contributed by atoms with Crippen LogP contribution in [0, 0.1) is 5.92 Å². The summed E-state index contributed by atoms with van der Waals surface area (Å²) in [7, 11) is -2.74. The molecule has 17 heavy (non-hydrogen) atoms. The van der Waals surface area contributed by atoms with Crippen LogP contribution >= 0.6 is 0 Å². The Kier molecular flexibility index (Phi) is 4.47. The number of rotatable bonds is 3. The van der Waals surface area contributed by atoms with Gasteiger partial charge in [-0.15, -0.1) is 0 Å². The van der Waals surface area contributed by atoms with Gasteiger partial charge in [-0.1, -0.05) is 25.7 Å². The van der Waals surface area contributed by atoms with Gasteiger partial charge in [-0.25, -0.2) is 8.42 Å². The van der Waals surface area contributed by atoms with Gasteiger partial charge in [-0.2, -0.15) is 0 Å². The number of nitrogens with one attached hydrogen (secondary N) is 1. The van der Waals surface area contributed by atoms with Gasteiger partial charge in [0.25, 0.3) is 0 Å². The zero-order chi connectivity index (χ0) is 12.3. The van der Waals surface area contributed by atoms with E-state index in [4.69, 9.17) is 0 Å². The molecule has 1 N–H and O–H groups in total. The molecule has 100 valence electrons. The summed E-state index contributed by atoms with van der Waals surface area (Å²) in [6, 6.07) is 0.685. The molecule has 0 radical (unpaired) electrons. The molecule has 4 heteroatoms. The van der Waals surface area contributed by atoms with Crippen molar-refractivity contribution in [1.82, 2.24) is 5.32 Å². The molecule has 0 amide bonds. The molecule has 0 aromatic heterocycles. The Morgan fingerprint density at radius 2 is 1.71 bits per heavy atom. The van der Waals surface area contributed by atoms with E-state index in [1.54, 1.807) is 0 Å². The van der Waals surface area contributed by atoms with E-state index < -0.39 is 9.84 Å². The first-order valence-electron chi connectivity index (χ1n) is 7.03. The summed E-state index contributed by atoms with van der Waals surface area (Å²) in [6.07, 6.45) is 8.88. The zero-order valence-corrected chi connectivity index (χ0v) is 11.6. The van der Waals surface area contributed by atoms with Crippen molar-refractivity contribution < 1.29 is 8.42 Å². The summed E-state index contributed by atoms with van der Waals surface area (Å²) in [5.74, 6) is 1.48. The molecule has 1 saturated heterocycles. The minimum absolute atomic E-state index is 0.207. The summed E-state index contributed by atoms with van der Waals surface area (Å²) >= 11 is 0. The topological polar surface area (TPSA) is 46.2 Å². The molecule has 0 aromatic rings. The molecule has 2 fully saturated rings. The van der Waals surface area contributed by atoms with Crippen LogP contribution in [0.2, 0.25) is 0 Å². The van der Waals surface area contributed by atoms with E-state index >= 15 is 0 Å². The summed E-state index contributed by atoms with van der Waals surface area (Å²) in [6.45, 7) is 2.24. The molecule has 0 spiro atoms. The Balaban J connectivity index is 1.82. The average Bonchev–Trinajstić information content (AvgIpc) is 2.52. The van der Waals surface area contributed by atoms with E-state index in [0.717, 1.165) is 12.3 Å². The summed E-state index contributed by atoms with van der Waals surface area (Å²) in [5.41, 5.74) is 0. The van der Waals surface area contributed by atoms with Gasteiger partial charge in [0.15, 0.2) is 9.84 Å². The highest BCUT2D eigenvalue weighted by Crippen LogP contribution is 2.26. The lowest BCUT2D eigenvalue weighted by atomic mass is 9.92. The van der Waals surface area contributed by atoms with Crippen LogP contribution in [-0.2, 0) is 9.84 Å². The van der Waals surface area contributed by atoms with E-state index in [0.29, 0.717) is 17.5 Å². The van der Waals surface area contributed by atoms with Crippen molar-refractivity contribution in [2.75, 3.05) is 11.5 Å². The first-order valence-corrected chi connectivity index (χ1v) is 8.85. The fraction of sp³-hybridized carbons (Fsp3) is 1.00. The van der Waals surface area contributed by atoms with Gasteiger partial charge in [0.05, 0.1) is 11.5 Å². The summed E-state index contributed by atoms with van der Waals surface area (Å²) in [5, 5.41) is 3.55. The third-order valence-corrected chi connectivity index (χ3v) is 6.11. The van der Waals surface area contributed by atoms with Gasteiger partial charge < -0.3 is 5.32 Å². The van der Waals surface area contributed by atoms with Crippen molar-refractivity contribution in [2.45, 2.75) is 64.0 Å². The van der Waals surface area contributed by atoms with Crippen molar-refractivity contribution in [2.24, 2.45) is 5.92 Å². The fourth-order valence-corrected chi connectivity index (χ4v) is 4.93. The molecule has 2 rings (SSSR count). The molecule has 2 aliphatic rings. The van der Waals surface area contributed by atoms with E-state index in [9.17, 15) is 8.42 Å². The second-order valence-electron chi connectivity index (χ2n) is 5.81. The fourth-order valence-electron chi connectivity index (χ4n) is 3.25. The molecular weight excluding hydrogens is 234 g/mol. The van der Waals surface area contributed by atoms with E-state index in [-0.39, 0.29) is 6.04 Å². The monoisotopic (exact) mass is 259 g/mol. The molecule has 3 nitrogen and oxygen atoms in total. The SMILES string of the molecule is C[C@H](NC1CCS(=O)(=O)C1)C1CCCCCC1. The van der Waals surface area contributed by atoms with E-state index in [2.05, 4.69) is 12.2 Å². The van der Waals surface area contributed by atoms with Crippen molar-refractivity contribution >= 4 is 9.84 Å². The highest BCUT2D eigenvalue weighted by atomic mass is 32.2. The number of sulfone groups is 1. The normalized spacial score (nSPS) is 32.2. The Labute approximate surface area is 105 Å². The molecule has 1 unspecified atom stereocenters. The lowest BCUT2D eigenvalue weighted by molar-refractivity contribution is 0.316. The zero-order valence-electron chi connectivity index (χ0n) is 10.8. The largest absolute Gasteiger partial charge is 0.310 e. The van der Waals surface area contributed by atoms with E-state index in [1.807, 2.05) is 0 Å². The van der Waals surface area contributed by atoms with Gasteiger partial charge in [-0.3, -0.25) is 0 Å². The predicted molar refractivity (Wildman–Crippen MR) is 70.8 cm³/mol. The minimum Gasteiger partial charge on any atom is -0.310 e. The highest BCUT2D eigenvalue weighted by molar-refractivity contribution is 7.91. The number of hydrogen-bond donors (Lipinski definition) is 1. The maximum Gasteiger partial charge on any atom is 0.151 e. The molecule has 1 heterocycles. The van der Waals surface area contributed by atoms with Crippen LogP contribution in [0.5, 0.6) is 0 Å². The molecular formula is C13H25NO2S. The molecule has 0 bridgehead atoms. The van der Waals surface area contributed by atoms with Crippen molar-refractivity contribution in [3.63, 3.8) is 0 Å². The lowest BCUT2D eigenvalue weighted by Crippen LogP contribution is -2.41. The lowest BCUT2D eigenvalue weighted by Gasteiger charge is -2.26. The van der Waals surface area contributed by atoms with Crippen LogP contribution in [0.4, 0.5) is 0 Å². The second kappa shape index (κ2) is 5.70. The van der Waals surface area contributed by atoms with Crippen LogP contribution in [0.15, 0.2) is 0 Å². The van der Waals surface area contributed by atoms with Gasteiger partial charge in [0.1, 0.15) is 0 Å². The van der Waals surface area contributed by atoms with E-state index in [1.165, 1.54) is 38.5 Å². The third kappa shape index (κ3) is 3.95. The Bertz CT molecular complexity index is 331. The molecule has 2 atom stereocenters. The molecule has 1 saturated carbocycles. The summed E-state index contributed by atoms with van der Waals surface area (Å²) in [4.78, 5) is 0. The van der Waals surface area contributed by atoms with Crippen molar-refractivity contribution in [3.05, 3.63) is 0 Å². The molecule has 1 aliphatic carbocycles. The van der Waals surface area contributed by atoms with Crippen molar-refractivity contribution in [3.8, 4) is 0 Å². The predicted octanol–water partition coefficient (Wildman–Crippen LogP) is 2.12. The van der Waals surface area contributed by atoms with Crippen LogP contribution in [0.1, 0.15) is 51.9 Å².